The summed E-state index contributed by atoms with van der Waals surface area (Å²) in [6, 6.07) is 9.91. The van der Waals surface area contributed by atoms with Gasteiger partial charge in [-0.15, -0.1) is 0 Å². The molecule has 2 aromatic rings. The first kappa shape index (κ1) is 20.6. The number of Topliss-reactive ketones (excluding diaryl/α,β-unsaturated/α-hetero) is 1. The van der Waals surface area contributed by atoms with Gasteiger partial charge in [0.1, 0.15) is 0 Å². The summed E-state index contributed by atoms with van der Waals surface area (Å²) >= 11 is 5.91. The van der Waals surface area contributed by atoms with Crippen LogP contribution < -0.4 is 5.32 Å². The van der Waals surface area contributed by atoms with E-state index in [1.54, 1.807) is 18.2 Å². The maximum Gasteiger partial charge on any atom is 0.340 e. The van der Waals surface area contributed by atoms with Gasteiger partial charge in [0.05, 0.1) is 15.5 Å². The van der Waals surface area contributed by atoms with Crippen molar-refractivity contribution in [3.63, 3.8) is 0 Å². The number of rotatable bonds is 6. The van der Waals surface area contributed by atoms with Gasteiger partial charge in [0.2, 0.25) is 0 Å². The van der Waals surface area contributed by atoms with Gasteiger partial charge in [0.25, 0.3) is 5.91 Å². The molecule has 0 aliphatic carbocycles. The van der Waals surface area contributed by atoms with E-state index in [9.17, 15) is 22.8 Å². The van der Waals surface area contributed by atoms with Gasteiger partial charge in [-0.1, -0.05) is 23.7 Å². The normalized spacial score (nSPS) is 10.9. The van der Waals surface area contributed by atoms with Crippen molar-refractivity contribution in [2.45, 2.75) is 11.8 Å². The monoisotopic (exact) mass is 409 g/mol. The van der Waals surface area contributed by atoms with Crippen LogP contribution in [0.3, 0.4) is 0 Å². The lowest BCUT2D eigenvalue weighted by Crippen LogP contribution is -2.21. The fourth-order valence-electron chi connectivity index (χ4n) is 2.11. The first-order valence-electron chi connectivity index (χ1n) is 7.65. The van der Waals surface area contributed by atoms with Crippen LogP contribution in [0.5, 0.6) is 0 Å². The van der Waals surface area contributed by atoms with E-state index in [4.69, 9.17) is 16.3 Å². The van der Waals surface area contributed by atoms with E-state index < -0.39 is 28.3 Å². The molecule has 0 spiro atoms. The minimum atomic E-state index is -3.53. The number of sulfone groups is 1. The number of nitrogens with one attached hydrogen (secondary N) is 1. The molecule has 0 aliphatic rings. The van der Waals surface area contributed by atoms with Gasteiger partial charge in [-0.05, 0) is 37.3 Å². The molecular formula is C18H16ClNO6S. The summed E-state index contributed by atoms with van der Waals surface area (Å²) < 4.78 is 28.1. The van der Waals surface area contributed by atoms with E-state index in [0.717, 1.165) is 12.3 Å². The molecule has 9 heteroatoms. The van der Waals surface area contributed by atoms with Crippen molar-refractivity contribution in [2.75, 3.05) is 18.2 Å². The second kappa shape index (κ2) is 8.32. The number of benzene rings is 2. The van der Waals surface area contributed by atoms with Crippen LogP contribution in [-0.4, -0.2) is 38.9 Å². The van der Waals surface area contributed by atoms with E-state index in [1.165, 1.54) is 25.1 Å². The van der Waals surface area contributed by atoms with Crippen LogP contribution in [0.25, 0.3) is 0 Å². The van der Waals surface area contributed by atoms with Gasteiger partial charge in [-0.2, -0.15) is 0 Å². The quantitative estimate of drug-likeness (QED) is 0.580. The Morgan fingerprint density at radius 2 is 1.81 bits per heavy atom. The summed E-state index contributed by atoms with van der Waals surface area (Å²) in [5, 5.41) is 2.50. The third kappa shape index (κ3) is 5.63. The first-order chi connectivity index (χ1) is 12.6. The van der Waals surface area contributed by atoms with Crippen LogP contribution in [0.4, 0.5) is 5.69 Å². The molecule has 0 bridgehead atoms. The molecular weight excluding hydrogens is 394 g/mol. The number of halogens is 1. The first-order valence-corrected chi connectivity index (χ1v) is 9.92. The highest BCUT2D eigenvalue weighted by atomic mass is 35.5. The molecule has 0 unspecified atom stereocenters. The van der Waals surface area contributed by atoms with Crippen molar-refractivity contribution in [1.29, 1.82) is 0 Å². The van der Waals surface area contributed by atoms with E-state index in [2.05, 4.69) is 5.32 Å². The Morgan fingerprint density at radius 1 is 1.11 bits per heavy atom. The van der Waals surface area contributed by atoms with Crippen molar-refractivity contribution >= 4 is 44.8 Å². The number of hydrogen-bond donors (Lipinski definition) is 1. The standard InChI is InChI=1S/C18H16ClNO6S/c1-11(21)12-4-3-5-13(8-12)20-17(22)10-26-18(23)15-9-14(27(2,24)25)6-7-16(15)19/h3-9H,10H2,1-2H3,(H,20,22). The largest absolute Gasteiger partial charge is 0.452 e. The smallest absolute Gasteiger partial charge is 0.340 e. The Balaban J connectivity index is 2.04. The Hall–Kier alpha value is -2.71. The second-order valence-corrected chi connectivity index (χ2v) is 8.10. The van der Waals surface area contributed by atoms with Crippen molar-refractivity contribution in [3.05, 3.63) is 58.6 Å². The average molecular weight is 410 g/mol. The zero-order valence-electron chi connectivity index (χ0n) is 14.5. The predicted molar refractivity (Wildman–Crippen MR) is 99.9 cm³/mol. The van der Waals surface area contributed by atoms with E-state index in [1.807, 2.05) is 0 Å². The number of anilines is 1. The number of carbonyl (C=O) groups is 3. The van der Waals surface area contributed by atoms with Crippen LogP contribution >= 0.6 is 11.6 Å². The third-order valence-electron chi connectivity index (χ3n) is 3.47. The lowest BCUT2D eigenvalue weighted by Gasteiger charge is -2.09. The highest BCUT2D eigenvalue weighted by Crippen LogP contribution is 2.21. The number of ketones is 1. The summed E-state index contributed by atoms with van der Waals surface area (Å²) in [5.74, 6) is -1.71. The molecule has 2 aromatic carbocycles. The van der Waals surface area contributed by atoms with Crippen LogP contribution in [-0.2, 0) is 19.4 Å². The van der Waals surface area contributed by atoms with Crippen molar-refractivity contribution in [3.8, 4) is 0 Å². The molecule has 7 nitrogen and oxygen atoms in total. The maximum atomic E-state index is 12.1. The van der Waals surface area contributed by atoms with Gasteiger partial charge in [-0.25, -0.2) is 13.2 Å². The van der Waals surface area contributed by atoms with E-state index in [-0.39, 0.29) is 21.3 Å². The number of carbonyl (C=O) groups excluding carboxylic acids is 3. The molecule has 142 valence electrons. The molecule has 0 radical (unpaired) electrons. The Labute approximate surface area is 161 Å². The summed E-state index contributed by atoms with van der Waals surface area (Å²) in [6.45, 7) is 0.791. The Kier molecular flexibility index (Phi) is 6.35. The highest BCUT2D eigenvalue weighted by molar-refractivity contribution is 7.90. The third-order valence-corrected chi connectivity index (χ3v) is 4.91. The molecule has 1 amide bonds. The number of hydrogen-bond acceptors (Lipinski definition) is 6. The fraction of sp³-hybridized carbons (Fsp3) is 0.167. The van der Waals surface area contributed by atoms with Crippen molar-refractivity contribution in [2.24, 2.45) is 0 Å². The molecule has 0 aliphatic heterocycles. The number of ether oxygens (including phenoxy) is 1. The van der Waals surface area contributed by atoms with Gasteiger partial charge in [0.15, 0.2) is 22.2 Å². The topological polar surface area (TPSA) is 107 Å². The molecule has 0 fully saturated rings. The summed E-state index contributed by atoms with van der Waals surface area (Å²) in [6.07, 6.45) is 0.994. The van der Waals surface area contributed by atoms with Crippen LogP contribution in [0.1, 0.15) is 27.6 Å². The van der Waals surface area contributed by atoms with E-state index >= 15 is 0 Å². The van der Waals surface area contributed by atoms with Gasteiger partial charge < -0.3 is 10.1 Å². The molecule has 0 saturated carbocycles. The lowest BCUT2D eigenvalue weighted by atomic mass is 10.1. The zero-order chi connectivity index (χ0) is 20.2. The van der Waals surface area contributed by atoms with Gasteiger partial charge in [0, 0.05) is 17.5 Å². The van der Waals surface area contributed by atoms with Gasteiger partial charge >= 0.3 is 5.97 Å². The molecule has 0 aromatic heterocycles. The summed E-state index contributed by atoms with van der Waals surface area (Å²) in [4.78, 5) is 35.3. The van der Waals surface area contributed by atoms with Crippen LogP contribution in [0.2, 0.25) is 5.02 Å². The van der Waals surface area contributed by atoms with Crippen molar-refractivity contribution in [1.82, 2.24) is 0 Å². The summed E-state index contributed by atoms with van der Waals surface area (Å²) in [7, 11) is -3.53. The van der Waals surface area contributed by atoms with Crippen LogP contribution in [0.15, 0.2) is 47.4 Å². The number of amides is 1. The minimum Gasteiger partial charge on any atom is -0.452 e. The minimum absolute atomic E-state index is 0.00182. The lowest BCUT2D eigenvalue weighted by molar-refractivity contribution is -0.119. The van der Waals surface area contributed by atoms with Crippen molar-refractivity contribution < 1.29 is 27.5 Å². The van der Waals surface area contributed by atoms with Crippen LogP contribution in [0, 0.1) is 0 Å². The zero-order valence-corrected chi connectivity index (χ0v) is 16.1. The predicted octanol–water partition coefficient (Wildman–Crippen LogP) is 2.74. The average Bonchev–Trinajstić information content (AvgIpc) is 2.59. The number of esters is 1. The second-order valence-electron chi connectivity index (χ2n) is 5.68. The molecule has 0 saturated heterocycles. The SMILES string of the molecule is CC(=O)c1cccc(NC(=O)COC(=O)c2cc(S(C)(=O)=O)ccc2Cl)c1. The van der Waals surface area contributed by atoms with E-state index in [0.29, 0.717) is 11.3 Å². The maximum absolute atomic E-state index is 12.1. The Morgan fingerprint density at radius 3 is 2.44 bits per heavy atom. The highest BCUT2D eigenvalue weighted by Gasteiger charge is 2.18. The Bertz CT molecular complexity index is 1020. The molecule has 0 atom stereocenters. The summed E-state index contributed by atoms with van der Waals surface area (Å²) in [5.41, 5.74) is 0.640. The molecule has 27 heavy (non-hydrogen) atoms. The molecule has 1 N–H and O–H groups in total. The van der Waals surface area contributed by atoms with Gasteiger partial charge in [-0.3, -0.25) is 9.59 Å². The molecule has 2 rings (SSSR count). The fourth-order valence-corrected chi connectivity index (χ4v) is 2.96. The molecule has 0 heterocycles.